The maximum atomic E-state index is 4.58. The van der Waals surface area contributed by atoms with Crippen molar-refractivity contribution in [3.05, 3.63) is 28.3 Å². The normalized spacial score (nSPS) is 10.8. The maximum Gasteiger partial charge on any atom is 0.162 e. The molecule has 0 aromatic carbocycles. The highest BCUT2D eigenvalue weighted by Gasteiger charge is 2.15. The third kappa shape index (κ3) is 2.32. The summed E-state index contributed by atoms with van der Waals surface area (Å²) in [5.74, 6) is 2.49. The van der Waals surface area contributed by atoms with Gasteiger partial charge in [0.2, 0.25) is 0 Å². The van der Waals surface area contributed by atoms with Gasteiger partial charge in [-0.05, 0) is 47.1 Å². The van der Waals surface area contributed by atoms with Crippen LogP contribution in [0.25, 0.3) is 5.82 Å². The number of aromatic nitrogens is 4. The number of rotatable bonds is 3. The van der Waals surface area contributed by atoms with E-state index >= 15 is 0 Å². The van der Waals surface area contributed by atoms with E-state index in [4.69, 9.17) is 0 Å². The zero-order valence-corrected chi connectivity index (χ0v) is 12.5. The van der Waals surface area contributed by atoms with Crippen molar-refractivity contribution >= 4 is 5.82 Å². The lowest BCUT2D eigenvalue weighted by Gasteiger charge is -2.13. The minimum Gasteiger partial charge on any atom is -0.370 e. The molecule has 1 N–H and O–H groups in total. The summed E-state index contributed by atoms with van der Waals surface area (Å²) in [6, 6.07) is 0. The van der Waals surface area contributed by atoms with Gasteiger partial charge in [-0.3, -0.25) is 0 Å². The van der Waals surface area contributed by atoms with Crippen LogP contribution in [0, 0.1) is 34.6 Å². The molecule has 5 nitrogen and oxygen atoms in total. The molecule has 0 saturated carbocycles. The van der Waals surface area contributed by atoms with Gasteiger partial charge in [0.1, 0.15) is 11.6 Å². The molecule has 0 atom stereocenters. The van der Waals surface area contributed by atoms with Crippen LogP contribution in [0.5, 0.6) is 0 Å². The summed E-state index contributed by atoms with van der Waals surface area (Å²) >= 11 is 0. The third-order valence-corrected chi connectivity index (χ3v) is 3.43. The Kier molecular flexibility index (Phi) is 3.55. The molecule has 0 unspecified atom stereocenters. The molecule has 0 aliphatic heterocycles. The number of nitrogens with one attached hydrogen (secondary N) is 1. The molecule has 102 valence electrons. The summed E-state index contributed by atoms with van der Waals surface area (Å²) < 4.78 is 1.91. The molecule has 2 rings (SSSR count). The number of nitrogens with zero attached hydrogens (tertiary/aromatic N) is 4. The molecule has 2 aromatic rings. The van der Waals surface area contributed by atoms with E-state index in [1.165, 1.54) is 5.56 Å². The van der Waals surface area contributed by atoms with Gasteiger partial charge in [0.25, 0.3) is 0 Å². The topological polar surface area (TPSA) is 55.6 Å². The zero-order valence-electron chi connectivity index (χ0n) is 12.5. The highest BCUT2D eigenvalue weighted by Crippen LogP contribution is 2.22. The monoisotopic (exact) mass is 259 g/mol. The molecule has 2 heterocycles. The van der Waals surface area contributed by atoms with Crippen LogP contribution in [0.4, 0.5) is 5.82 Å². The lowest BCUT2D eigenvalue weighted by Crippen LogP contribution is -2.11. The Morgan fingerprint density at radius 1 is 1.00 bits per heavy atom. The number of hydrogen-bond donors (Lipinski definition) is 1. The lowest BCUT2D eigenvalue weighted by molar-refractivity contribution is 0.784. The quantitative estimate of drug-likeness (QED) is 0.920. The van der Waals surface area contributed by atoms with Crippen LogP contribution in [-0.2, 0) is 0 Å². The second kappa shape index (κ2) is 4.99. The molecular formula is C14H21N5. The predicted octanol–water partition coefficient (Wildman–Crippen LogP) is 2.64. The summed E-state index contributed by atoms with van der Waals surface area (Å²) in [6.07, 6.45) is 0. The fraction of sp³-hybridized carbons (Fsp3) is 0.500. The summed E-state index contributed by atoms with van der Waals surface area (Å²) in [4.78, 5) is 8.99. The summed E-state index contributed by atoms with van der Waals surface area (Å²) in [6.45, 7) is 13.0. The lowest BCUT2D eigenvalue weighted by atomic mass is 10.2. The first-order valence-corrected chi connectivity index (χ1v) is 6.58. The van der Waals surface area contributed by atoms with Crippen LogP contribution < -0.4 is 5.32 Å². The molecule has 0 bridgehead atoms. The highest BCUT2D eigenvalue weighted by atomic mass is 15.3. The van der Waals surface area contributed by atoms with Crippen molar-refractivity contribution in [1.82, 2.24) is 19.7 Å². The van der Waals surface area contributed by atoms with Gasteiger partial charge in [-0.2, -0.15) is 5.10 Å². The van der Waals surface area contributed by atoms with Crippen LogP contribution in [0.15, 0.2) is 0 Å². The third-order valence-electron chi connectivity index (χ3n) is 3.43. The molecule has 0 saturated heterocycles. The van der Waals surface area contributed by atoms with Crippen LogP contribution in [0.2, 0.25) is 0 Å². The Hall–Kier alpha value is -1.91. The fourth-order valence-corrected chi connectivity index (χ4v) is 2.09. The number of anilines is 1. The Morgan fingerprint density at radius 3 is 2.21 bits per heavy atom. The standard InChI is InChI=1S/C14H21N5/c1-7-15-13-9(3)14(17-12(6)16-13)19-11(5)8(2)10(4)18-19/h7H2,1-6H3,(H,15,16,17). The molecule has 0 radical (unpaired) electrons. The van der Waals surface area contributed by atoms with Crippen molar-refractivity contribution in [3.63, 3.8) is 0 Å². The molecule has 0 fully saturated rings. The second-order valence-corrected chi connectivity index (χ2v) is 4.81. The Balaban J connectivity index is 2.64. The van der Waals surface area contributed by atoms with Crippen molar-refractivity contribution in [2.24, 2.45) is 0 Å². The maximum absolute atomic E-state index is 4.58. The van der Waals surface area contributed by atoms with Crippen molar-refractivity contribution in [2.45, 2.75) is 41.5 Å². The van der Waals surface area contributed by atoms with Gasteiger partial charge >= 0.3 is 0 Å². The van der Waals surface area contributed by atoms with Crippen molar-refractivity contribution < 1.29 is 0 Å². The molecule has 2 aromatic heterocycles. The number of hydrogen-bond acceptors (Lipinski definition) is 4. The molecular weight excluding hydrogens is 238 g/mol. The van der Waals surface area contributed by atoms with E-state index in [1.54, 1.807) is 0 Å². The Morgan fingerprint density at radius 2 is 1.68 bits per heavy atom. The van der Waals surface area contributed by atoms with E-state index in [0.29, 0.717) is 0 Å². The van der Waals surface area contributed by atoms with Crippen LogP contribution in [0.1, 0.15) is 35.3 Å². The number of aryl methyl sites for hydroxylation is 2. The molecule has 0 aliphatic rings. The average Bonchev–Trinajstić information content (AvgIpc) is 2.61. The first-order chi connectivity index (χ1) is 8.95. The smallest absolute Gasteiger partial charge is 0.162 e. The summed E-state index contributed by atoms with van der Waals surface area (Å²) in [5.41, 5.74) is 4.40. The van der Waals surface area contributed by atoms with E-state index in [0.717, 1.165) is 41.0 Å². The predicted molar refractivity (Wildman–Crippen MR) is 77.0 cm³/mol. The van der Waals surface area contributed by atoms with Gasteiger partial charge in [0.15, 0.2) is 5.82 Å². The molecule has 0 amide bonds. The van der Waals surface area contributed by atoms with E-state index < -0.39 is 0 Å². The summed E-state index contributed by atoms with van der Waals surface area (Å²) in [7, 11) is 0. The first kappa shape index (κ1) is 13.5. The van der Waals surface area contributed by atoms with Gasteiger partial charge in [0, 0.05) is 17.8 Å². The molecule has 19 heavy (non-hydrogen) atoms. The van der Waals surface area contributed by atoms with Crippen LogP contribution >= 0.6 is 0 Å². The van der Waals surface area contributed by atoms with Gasteiger partial charge < -0.3 is 5.32 Å². The van der Waals surface area contributed by atoms with Gasteiger partial charge in [0.05, 0.1) is 5.69 Å². The van der Waals surface area contributed by atoms with Crippen molar-refractivity contribution in [3.8, 4) is 5.82 Å². The summed E-state index contributed by atoms with van der Waals surface area (Å²) in [5, 5.41) is 7.86. The van der Waals surface area contributed by atoms with E-state index in [1.807, 2.05) is 25.5 Å². The molecule has 0 aliphatic carbocycles. The molecule has 5 heteroatoms. The van der Waals surface area contributed by atoms with Gasteiger partial charge in [-0.15, -0.1) is 0 Å². The SMILES string of the molecule is CCNc1nc(C)nc(-n2nc(C)c(C)c2C)c1C. The van der Waals surface area contributed by atoms with Gasteiger partial charge in [-0.1, -0.05) is 0 Å². The average molecular weight is 259 g/mol. The fourth-order valence-electron chi connectivity index (χ4n) is 2.09. The van der Waals surface area contributed by atoms with Crippen molar-refractivity contribution in [2.75, 3.05) is 11.9 Å². The minimum atomic E-state index is 0.752. The van der Waals surface area contributed by atoms with Crippen LogP contribution in [-0.4, -0.2) is 26.3 Å². The molecule has 0 spiro atoms. The minimum absolute atomic E-state index is 0.752. The van der Waals surface area contributed by atoms with Crippen molar-refractivity contribution in [1.29, 1.82) is 0 Å². The van der Waals surface area contributed by atoms with E-state index in [9.17, 15) is 0 Å². The zero-order chi connectivity index (χ0) is 14.2. The van der Waals surface area contributed by atoms with E-state index in [2.05, 4.69) is 41.2 Å². The first-order valence-electron chi connectivity index (χ1n) is 6.58. The second-order valence-electron chi connectivity index (χ2n) is 4.81. The largest absolute Gasteiger partial charge is 0.370 e. The Bertz CT molecular complexity index is 613. The van der Waals surface area contributed by atoms with E-state index in [-0.39, 0.29) is 0 Å². The Labute approximate surface area is 114 Å². The highest BCUT2D eigenvalue weighted by molar-refractivity contribution is 5.52. The van der Waals surface area contributed by atoms with Crippen LogP contribution in [0.3, 0.4) is 0 Å². The van der Waals surface area contributed by atoms with Gasteiger partial charge in [-0.25, -0.2) is 14.6 Å².